The summed E-state index contributed by atoms with van der Waals surface area (Å²) in [6, 6.07) is 7.27. The molecule has 0 aliphatic rings. The second-order valence-corrected chi connectivity index (χ2v) is 5.95. The van der Waals surface area contributed by atoms with Crippen molar-refractivity contribution in [2.75, 3.05) is 19.6 Å². The van der Waals surface area contributed by atoms with E-state index in [1.165, 1.54) is 0 Å². The van der Waals surface area contributed by atoms with Crippen LogP contribution in [-0.2, 0) is 4.79 Å². The number of carbonyl (C=O) groups excluding carboxylic acids is 2. The molecule has 0 atom stereocenters. The largest absolute Gasteiger partial charge is 0.350 e. The number of carbonyl (C=O) groups is 2. The Hall–Kier alpha value is -1.36. The third-order valence-electron chi connectivity index (χ3n) is 2.82. The average molecular weight is 341 g/mol. The highest BCUT2D eigenvalue weighted by Crippen LogP contribution is 2.15. The van der Waals surface area contributed by atoms with Crippen molar-refractivity contribution in [2.24, 2.45) is 5.92 Å². The van der Waals surface area contributed by atoms with Gasteiger partial charge >= 0.3 is 0 Å². The van der Waals surface area contributed by atoms with Gasteiger partial charge in [0, 0.05) is 31.0 Å². The normalized spacial score (nSPS) is 10.4. The lowest BCUT2D eigenvalue weighted by Gasteiger charge is -2.23. The minimum atomic E-state index is -0.134. The molecular weight excluding hydrogens is 320 g/mol. The predicted octanol–water partition coefficient (Wildman–Crippen LogP) is 2.68. The van der Waals surface area contributed by atoms with Gasteiger partial charge in [0.2, 0.25) is 5.91 Å². The van der Waals surface area contributed by atoms with E-state index in [0.29, 0.717) is 31.1 Å². The molecule has 5 heteroatoms. The minimum absolute atomic E-state index is 0.0360. The Kier molecular flexibility index (Phi) is 6.71. The smallest absolute Gasteiger partial charge is 0.252 e. The van der Waals surface area contributed by atoms with Gasteiger partial charge in [-0.3, -0.25) is 9.59 Å². The number of nitrogens with zero attached hydrogens (tertiary/aromatic N) is 1. The van der Waals surface area contributed by atoms with Crippen LogP contribution in [0, 0.1) is 5.92 Å². The van der Waals surface area contributed by atoms with E-state index in [1.807, 2.05) is 18.2 Å². The molecule has 20 heavy (non-hydrogen) atoms. The second-order valence-electron chi connectivity index (χ2n) is 5.09. The number of hydrogen-bond donors (Lipinski definition) is 1. The van der Waals surface area contributed by atoms with E-state index in [9.17, 15) is 9.59 Å². The number of benzene rings is 1. The maximum absolute atomic E-state index is 12.0. The quantitative estimate of drug-likeness (QED) is 0.865. The second kappa shape index (κ2) is 8.04. The molecule has 1 aromatic carbocycles. The molecule has 2 amide bonds. The highest BCUT2D eigenvalue weighted by Gasteiger charge is 2.12. The van der Waals surface area contributed by atoms with Crippen LogP contribution in [0.5, 0.6) is 0 Å². The summed E-state index contributed by atoms with van der Waals surface area (Å²) >= 11 is 3.35. The average Bonchev–Trinajstić information content (AvgIpc) is 2.37. The van der Waals surface area contributed by atoms with Gasteiger partial charge in [-0.1, -0.05) is 26.0 Å². The van der Waals surface area contributed by atoms with E-state index in [-0.39, 0.29) is 11.8 Å². The van der Waals surface area contributed by atoms with E-state index in [0.717, 1.165) is 4.47 Å². The summed E-state index contributed by atoms with van der Waals surface area (Å²) in [5, 5.41) is 2.84. The van der Waals surface area contributed by atoms with Crippen LogP contribution in [0.1, 0.15) is 31.1 Å². The Balaban J connectivity index is 2.49. The van der Waals surface area contributed by atoms with Gasteiger partial charge in [0.1, 0.15) is 0 Å². The Morgan fingerprint density at radius 1 is 1.30 bits per heavy atom. The molecular formula is C15H21BrN2O2. The molecule has 0 radical (unpaired) electrons. The van der Waals surface area contributed by atoms with E-state index in [4.69, 9.17) is 0 Å². The number of rotatable bonds is 6. The summed E-state index contributed by atoms with van der Waals surface area (Å²) in [5.74, 6) is 0.317. The lowest BCUT2D eigenvalue weighted by atomic mass is 10.2. The fraction of sp³-hybridized carbons (Fsp3) is 0.467. The lowest BCUT2D eigenvalue weighted by molar-refractivity contribution is -0.129. The summed E-state index contributed by atoms with van der Waals surface area (Å²) in [6.07, 6.45) is 0. The molecule has 0 aromatic heterocycles. The van der Waals surface area contributed by atoms with Gasteiger partial charge in [0.25, 0.3) is 5.91 Å². The predicted molar refractivity (Wildman–Crippen MR) is 83.6 cm³/mol. The maximum Gasteiger partial charge on any atom is 0.252 e. The number of nitrogens with one attached hydrogen (secondary N) is 1. The van der Waals surface area contributed by atoms with Crippen LogP contribution in [0.4, 0.5) is 0 Å². The fourth-order valence-electron chi connectivity index (χ4n) is 1.86. The van der Waals surface area contributed by atoms with Gasteiger partial charge in [-0.2, -0.15) is 0 Å². The molecule has 0 saturated heterocycles. The third-order valence-corrected chi connectivity index (χ3v) is 3.51. The molecule has 0 aliphatic carbocycles. The first kappa shape index (κ1) is 16.7. The zero-order chi connectivity index (χ0) is 15.1. The third kappa shape index (κ3) is 5.33. The molecule has 0 saturated carbocycles. The van der Waals surface area contributed by atoms with Gasteiger partial charge in [-0.25, -0.2) is 0 Å². The summed E-state index contributed by atoms with van der Waals surface area (Å²) in [4.78, 5) is 25.2. The minimum Gasteiger partial charge on any atom is -0.350 e. The van der Waals surface area contributed by atoms with Crippen LogP contribution in [0.2, 0.25) is 0 Å². The van der Waals surface area contributed by atoms with Gasteiger partial charge in [0.05, 0.1) is 5.56 Å². The molecule has 110 valence electrons. The number of hydrogen-bond acceptors (Lipinski definition) is 2. The van der Waals surface area contributed by atoms with Crippen LogP contribution in [0.3, 0.4) is 0 Å². The highest BCUT2D eigenvalue weighted by molar-refractivity contribution is 9.10. The molecule has 0 spiro atoms. The van der Waals surface area contributed by atoms with Crippen molar-refractivity contribution >= 4 is 27.7 Å². The zero-order valence-corrected chi connectivity index (χ0v) is 13.7. The summed E-state index contributed by atoms with van der Waals surface area (Å²) in [7, 11) is 0. The molecule has 1 aromatic rings. The van der Waals surface area contributed by atoms with Gasteiger partial charge < -0.3 is 10.2 Å². The SMILES string of the molecule is CC(=O)N(CCNC(=O)c1ccccc1Br)CC(C)C. The van der Waals surface area contributed by atoms with Crippen LogP contribution in [-0.4, -0.2) is 36.3 Å². The molecule has 0 unspecified atom stereocenters. The Labute approximate surface area is 128 Å². The van der Waals surface area contributed by atoms with Crippen molar-refractivity contribution < 1.29 is 9.59 Å². The van der Waals surface area contributed by atoms with Crippen LogP contribution >= 0.6 is 15.9 Å². The Morgan fingerprint density at radius 2 is 1.95 bits per heavy atom. The van der Waals surface area contributed by atoms with Crippen LogP contribution in [0.25, 0.3) is 0 Å². The Bertz CT molecular complexity index is 475. The monoisotopic (exact) mass is 340 g/mol. The van der Waals surface area contributed by atoms with Crippen molar-refractivity contribution in [3.8, 4) is 0 Å². The molecule has 1 rings (SSSR count). The molecule has 0 aliphatic heterocycles. The van der Waals surface area contributed by atoms with Crippen molar-refractivity contribution in [1.82, 2.24) is 10.2 Å². The first-order valence-corrected chi connectivity index (χ1v) is 7.49. The molecule has 4 nitrogen and oxygen atoms in total. The first-order chi connectivity index (χ1) is 9.41. The zero-order valence-electron chi connectivity index (χ0n) is 12.1. The van der Waals surface area contributed by atoms with Crippen molar-refractivity contribution in [1.29, 1.82) is 0 Å². The standard InChI is InChI=1S/C15H21BrN2O2/c1-11(2)10-18(12(3)19)9-8-17-15(20)13-6-4-5-7-14(13)16/h4-7,11H,8-10H2,1-3H3,(H,17,20). The van der Waals surface area contributed by atoms with E-state index >= 15 is 0 Å². The molecule has 0 heterocycles. The molecule has 1 N–H and O–H groups in total. The van der Waals surface area contributed by atoms with Crippen LogP contribution in [0.15, 0.2) is 28.7 Å². The highest BCUT2D eigenvalue weighted by atomic mass is 79.9. The van der Waals surface area contributed by atoms with Crippen molar-refractivity contribution in [2.45, 2.75) is 20.8 Å². The van der Waals surface area contributed by atoms with Crippen molar-refractivity contribution in [3.05, 3.63) is 34.3 Å². The number of halogens is 1. The molecule has 0 fully saturated rings. The molecule has 0 bridgehead atoms. The van der Waals surface area contributed by atoms with E-state index in [2.05, 4.69) is 35.1 Å². The fourth-order valence-corrected chi connectivity index (χ4v) is 2.33. The lowest BCUT2D eigenvalue weighted by Crippen LogP contribution is -2.39. The van der Waals surface area contributed by atoms with Crippen LogP contribution < -0.4 is 5.32 Å². The summed E-state index contributed by atoms with van der Waals surface area (Å²) in [6.45, 7) is 7.37. The maximum atomic E-state index is 12.0. The summed E-state index contributed by atoms with van der Waals surface area (Å²) in [5.41, 5.74) is 0.603. The van der Waals surface area contributed by atoms with Gasteiger partial charge in [-0.05, 0) is 34.0 Å². The first-order valence-electron chi connectivity index (χ1n) is 6.70. The summed E-state index contributed by atoms with van der Waals surface area (Å²) < 4.78 is 0.767. The van der Waals surface area contributed by atoms with Gasteiger partial charge in [-0.15, -0.1) is 0 Å². The van der Waals surface area contributed by atoms with Crippen molar-refractivity contribution in [3.63, 3.8) is 0 Å². The number of amides is 2. The van der Waals surface area contributed by atoms with E-state index in [1.54, 1.807) is 17.9 Å². The van der Waals surface area contributed by atoms with Gasteiger partial charge in [0.15, 0.2) is 0 Å². The topological polar surface area (TPSA) is 49.4 Å². The van der Waals surface area contributed by atoms with E-state index < -0.39 is 0 Å². The Morgan fingerprint density at radius 3 is 2.50 bits per heavy atom.